The quantitative estimate of drug-likeness (QED) is 0.732. The van der Waals surface area contributed by atoms with Crippen molar-refractivity contribution < 1.29 is 18.8 Å². The fourth-order valence-corrected chi connectivity index (χ4v) is 4.93. The first-order valence-electron chi connectivity index (χ1n) is 12.0. The highest BCUT2D eigenvalue weighted by Gasteiger charge is 2.28. The summed E-state index contributed by atoms with van der Waals surface area (Å²) in [6.45, 7) is 10.9. The Hall–Kier alpha value is -3.13. The van der Waals surface area contributed by atoms with E-state index in [1.807, 2.05) is 22.8 Å². The number of anilines is 1. The lowest BCUT2D eigenvalue weighted by atomic mass is 9.92. The number of nitrogens with one attached hydrogen (secondary N) is 1. The topological polar surface area (TPSA) is 86.1 Å². The summed E-state index contributed by atoms with van der Waals surface area (Å²) in [5.74, 6) is 1.08. The number of piperazine rings is 1. The van der Waals surface area contributed by atoms with Gasteiger partial charge in [0.05, 0.1) is 12.8 Å². The Morgan fingerprint density at radius 3 is 2.35 bits per heavy atom. The molecular weight excluding hydrogens is 432 g/mol. The van der Waals surface area contributed by atoms with Gasteiger partial charge < -0.3 is 19.5 Å². The van der Waals surface area contributed by atoms with Gasteiger partial charge in [-0.2, -0.15) is 0 Å². The van der Waals surface area contributed by atoms with Crippen molar-refractivity contribution in [1.82, 2.24) is 14.7 Å². The number of hydrogen-bond acceptors (Lipinski definition) is 5. The summed E-state index contributed by atoms with van der Waals surface area (Å²) in [7, 11) is 0. The fraction of sp³-hybridized carbons (Fsp3) is 0.500. The summed E-state index contributed by atoms with van der Waals surface area (Å²) in [5, 5.41) is 2.82. The normalized spacial score (nSPS) is 21.4. The Morgan fingerprint density at radius 2 is 1.71 bits per heavy atom. The Balaban J connectivity index is 1.32. The van der Waals surface area contributed by atoms with E-state index in [0.717, 1.165) is 18.7 Å². The molecule has 1 aromatic heterocycles. The van der Waals surface area contributed by atoms with Crippen LogP contribution in [-0.2, 0) is 4.79 Å². The largest absolute Gasteiger partial charge is 0.459 e. The third-order valence-electron chi connectivity index (χ3n) is 6.72. The predicted octanol–water partition coefficient (Wildman–Crippen LogP) is 3.10. The summed E-state index contributed by atoms with van der Waals surface area (Å²) in [6.07, 6.45) is 2.63. The number of hydrogen-bond donors (Lipinski definition) is 1. The van der Waals surface area contributed by atoms with Crippen molar-refractivity contribution in [3.8, 4) is 0 Å². The van der Waals surface area contributed by atoms with Crippen molar-refractivity contribution in [2.45, 2.75) is 27.2 Å². The van der Waals surface area contributed by atoms with Gasteiger partial charge in [0.25, 0.3) is 11.8 Å². The molecule has 2 atom stereocenters. The van der Waals surface area contributed by atoms with Gasteiger partial charge in [0.15, 0.2) is 5.76 Å². The number of carbonyl (C=O) groups is 3. The minimum atomic E-state index is -0.353. The first-order valence-corrected chi connectivity index (χ1v) is 12.0. The molecule has 2 fully saturated rings. The first-order chi connectivity index (χ1) is 16.3. The molecule has 2 aromatic rings. The molecule has 0 unspecified atom stereocenters. The molecule has 0 aliphatic carbocycles. The second-order valence-electron chi connectivity index (χ2n) is 9.77. The third kappa shape index (κ3) is 5.67. The van der Waals surface area contributed by atoms with Crippen LogP contribution >= 0.6 is 0 Å². The first kappa shape index (κ1) is 24.0. The molecule has 2 aliphatic rings. The lowest BCUT2D eigenvalue weighted by Gasteiger charge is -2.38. The number of carbonyl (C=O) groups excluding carboxylic acids is 3. The summed E-state index contributed by atoms with van der Waals surface area (Å²) in [4.78, 5) is 44.2. The second-order valence-corrected chi connectivity index (χ2v) is 9.77. The van der Waals surface area contributed by atoms with Gasteiger partial charge in [-0.1, -0.05) is 19.9 Å². The van der Waals surface area contributed by atoms with E-state index in [0.29, 0.717) is 55.8 Å². The van der Waals surface area contributed by atoms with Crippen molar-refractivity contribution in [3.05, 3.63) is 53.5 Å². The summed E-state index contributed by atoms with van der Waals surface area (Å²) in [5.41, 5.74) is 1.98. The number of piperidine rings is 1. The number of furan rings is 1. The molecule has 3 amide bonds. The van der Waals surface area contributed by atoms with Gasteiger partial charge >= 0.3 is 0 Å². The molecule has 1 N–H and O–H groups in total. The zero-order valence-electron chi connectivity index (χ0n) is 20.3. The number of rotatable bonds is 5. The van der Waals surface area contributed by atoms with E-state index in [4.69, 9.17) is 4.42 Å². The molecule has 1 aromatic carbocycles. The summed E-state index contributed by atoms with van der Waals surface area (Å²) >= 11 is 0. The molecule has 0 saturated carbocycles. The van der Waals surface area contributed by atoms with Crippen LogP contribution in [0.4, 0.5) is 5.69 Å². The predicted molar refractivity (Wildman–Crippen MR) is 130 cm³/mol. The molecule has 8 nitrogen and oxygen atoms in total. The van der Waals surface area contributed by atoms with Gasteiger partial charge in [-0.25, -0.2) is 0 Å². The number of nitrogens with zero attached hydrogens (tertiary/aromatic N) is 3. The van der Waals surface area contributed by atoms with Crippen LogP contribution < -0.4 is 5.32 Å². The highest BCUT2D eigenvalue weighted by Crippen LogP contribution is 2.22. The van der Waals surface area contributed by atoms with E-state index in [1.54, 1.807) is 24.3 Å². The van der Waals surface area contributed by atoms with Crippen LogP contribution in [0.2, 0.25) is 0 Å². The van der Waals surface area contributed by atoms with Gasteiger partial charge in [-0.3, -0.25) is 19.3 Å². The lowest BCUT2D eigenvalue weighted by Crippen LogP contribution is -2.53. The van der Waals surface area contributed by atoms with Gasteiger partial charge in [-0.05, 0) is 55.0 Å². The number of aryl methyl sites for hydroxylation is 1. The molecule has 2 aliphatic heterocycles. The van der Waals surface area contributed by atoms with Crippen LogP contribution in [0.15, 0.2) is 41.0 Å². The van der Waals surface area contributed by atoms with Crippen molar-refractivity contribution in [2.75, 3.05) is 51.1 Å². The maximum Gasteiger partial charge on any atom is 0.291 e. The molecule has 4 rings (SSSR count). The summed E-state index contributed by atoms with van der Waals surface area (Å²) in [6, 6.07) is 8.58. The standard InChI is InChI=1S/C26H34N4O4/c1-18-13-19(2)16-30(15-18)24(31)17-28-8-10-29(11-9-28)26(33)21-7-6-20(3)22(14-21)27-25(32)23-5-4-12-34-23/h4-7,12,14,18-19H,8-11,13,15-17H2,1-3H3,(H,27,32)/t18-,19+. The maximum absolute atomic E-state index is 13.1. The Morgan fingerprint density at radius 1 is 1.00 bits per heavy atom. The maximum atomic E-state index is 13.1. The number of amides is 3. The SMILES string of the molecule is Cc1ccc(C(=O)N2CCN(CC(=O)N3C[C@H](C)C[C@H](C)C3)CC2)cc1NC(=O)c1ccco1. The Kier molecular flexibility index (Phi) is 7.36. The highest BCUT2D eigenvalue weighted by atomic mass is 16.3. The van der Waals surface area contributed by atoms with Gasteiger partial charge in [0.1, 0.15) is 0 Å². The van der Waals surface area contributed by atoms with Crippen LogP contribution in [-0.4, -0.2) is 78.2 Å². The van der Waals surface area contributed by atoms with Crippen LogP contribution in [0.1, 0.15) is 46.7 Å². The molecule has 0 spiro atoms. The van der Waals surface area contributed by atoms with Crippen LogP contribution in [0.3, 0.4) is 0 Å². The summed E-state index contributed by atoms with van der Waals surface area (Å²) < 4.78 is 5.15. The van der Waals surface area contributed by atoms with E-state index in [-0.39, 0.29) is 23.5 Å². The third-order valence-corrected chi connectivity index (χ3v) is 6.72. The molecule has 34 heavy (non-hydrogen) atoms. The van der Waals surface area contributed by atoms with Crippen molar-refractivity contribution >= 4 is 23.4 Å². The Bertz CT molecular complexity index is 1020. The average molecular weight is 467 g/mol. The number of benzene rings is 1. The van der Waals surface area contributed by atoms with Crippen LogP contribution in [0.25, 0.3) is 0 Å². The highest BCUT2D eigenvalue weighted by molar-refractivity contribution is 6.04. The molecule has 0 radical (unpaired) electrons. The van der Waals surface area contributed by atoms with E-state index in [2.05, 4.69) is 24.1 Å². The lowest BCUT2D eigenvalue weighted by molar-refractivity contribution is -0.135. The zero-order valence-corrected chi connectivity index (χ0v) is 20.3. The van der Waals surface area contributed by atoms with Gasteiger partial charge in [-0.15, -0.1) is 0 Å². The smallest absolute Gasteiger partial charge is 0.291 e. The van der Waals surface area contributed by atoms with Gasteiger partial charge in [0.2, 0.25) is 5.91 Å². The fourth-order valence-electron chi connectivity index (χ4n) is 4.93. The molecule has 8 heteroatoms. The average Bonchev–Trinajstić information content (AvgIpc) is 3.35. The van der Waals surface area contributed by atoms with E-state index in [9.17, 15) is 14.4 Å². The van der Waals surface area contributed by atoms with E-state index in [1.165, 1.54) is 12.7 Å². The molecule has 2 saturated heterocycles. The molecular formula is C26H34N4O4. The monoisotopic (exact) mass is 466 g/mol. The zero-order chi connectivity index (χ0) is 24.2. The minimum Gasteiger partial charge on any atom is -0.459 e. The molecule has 3 heterocycles. The van der Waals surface area contributed by atoms with E-state index < -0.39 is 0 Å². The van der Waals surface area contributed by atoms with Crippen molar-refractivity contribution in [1.29, 1.82) is 0 Å². The van der Waals surface area contributed by atoms with Crippen LogP contribution in [0, 0.1) is 18.8 Å². The Labute approximate surface area is 200 Å². The van der Waals surface area contributed by atoms with Crippen molar-refractivity contribution in [2.24, 2.45) is 11.8 Å². The van der Waals surface area contributed by atoms with E-state index >= 15 is 0 Å². The number of likely N-dealkylation sites (tertiary alicyclic amines) is 1. The molecule has 182 valence electrons. The second kappa shape index (κ2) is 10.4. The van der Waals surface area contributed by atoms with Crippen molar-refractivity contribution in [3.63, 3.8) is 0 Å². The minimum absolute atomic E-state index is 0.0712. The van der Waals surface area contributed by atoms with Crippen LogP contribution in [0.5, 0.6) is 0 Å². The molecule has 0 bridgehead atoms. The van der Waals surface area contributed by atoms with Gasteiger partial charge in [0, 0.05) is 50.5 Å².